The minimum atomic E-state index is 0.454. The smallest absolute Gasteiger partial charge is 0.0626 e. The van der Waals surface area contributed by atoms with Gasteiger partial charge in [-0.05, 0) is 29.6 Å². The topological polar surface area (TPSA) is 0 Å². The van der Waals surface area contributed by atoms with Crippen molar-refractivity contribution < 1.29 is 0 Å². The van der Waals surface area contributed by atoms with Gasteiger partial charge < -0.3 is 0 Å². The highest BCUT2D eigenvalue weighted by Gasteiger charge is 2.48. The van der Waals surface area contributed by atoms with Crippen LogP contribution in [-0.4, -0.2) is 7.85 Å². The Morgan fingerprint density at radius 2 is 1.79 bits per heavy atom. The van der Waals surface area contributed by atoms with Crippen molar-refractivity contribution in [2.45, 2.75) is 59.7 Å². The van der Waals surface area contributed by atoms with Crippen LogP contribution in [0.3, 0.4) is 0 Å². The molecule has 3 atom stereocenters. The highest BCUT2D eigenvalue weighted by Crippen LogP contribution is 2.61. The van der Waals surface area contributed by atoms with Crippen molar-refractivity contribution in [2.75, 3.05) is 0 Å². The molecule has 1 rings (SSSR count). The van der Waals surface area contributed by atoms with Gasteiger partial charge in [0.05, 0.1) is 0 Å². The van der Waals surface area contributed by atoms with Gasteiger partial charge in [-0.15, -0.1) is 0 Å². The summed E-state index contributed by atoms with van der Waals surface area (Å²) in [5, 5.41) is 0.544. The van der Waals surface area contributed by atoms with Gasteiger partial charge >= 0.3 is 0 Å². The Kier molecular flexibility index (Phi) is 3.10. The summed E-state index contributed by atoms with van der Waals surface area (Å²) in [5.74, 6) is 2.70. The Balaban J connectivity index is 2.83. The zero-order valence-electron chi connectivity index (χ0n) is 11.1. The lowest BCUT2D eigenvalue weighted by atomic mass is 9.50. The zero-order chi connectivity index (χ0) is 11.1. The number of hydrogen-bond acceptors (Lipinski definition) is 0. The predicted octanol–water partition coefficient (Wildman–Crippen LogP) is 3.53. The quantitative estimate of drug-likeness (QED) is 0.560. The molecule has 0 aromatic carbocycles. The van der Waals surface area contributed by atoms with Crippen LogP contribution in [0.2, 0.25) is 5.31 Å². The first-order valence-electron chi connectivity index (χ1n) is 6.18. The highest BCUT2D eigenvalue weighted by atomic mass is 14.5. The van der Waals surface area contributed by atoms with Crippen LogP contribution in [0.1, 0.15) is 54.4 Å². The molecular weight excluding hydrogens is 167 g/mol. The number of rotatable bonds is 1. The van der Waals surface area contributed by atoms with E-state index in [4.69, 9.17) is 0 Å². The minimum absolute atomic E-state index is 0.454. The van der Waals surface area contributed by atoms with Crippen molar-refractivity contribution >= 4 is 7.85 Å². The maximum atomic E-state index is 2.50. The molecule has 0 saturated heterocycles. The van der Waals surface area contributed by atoms with Crippen LogP contribution in [0.4, 0.5) is 0 Å². The molecule has 3 unspecified atom stereocenters. The summed E-state index contributed by atoms with van der Waals surface area (Å²) in [7, 11) is 2.50. The molecule has 0 N–H and O–H groups in total. The van der Waals surface area contributed by atoms with Gasteiger partial charge in [-0.2, -0.15) is 0 Å². The van der Waals surface area contributed by atoms with Crippen LogP contribution >= 0.6 is 0 Å². The van der Waals surface area contributed by atoms with Gasteiger partial charge in [-0.3, -0.25) is 0 Å². The van der Waals surface area contributed by atoms with Crippen molar-refractivity contribution in [2.24, 2.45) is 23.2 Å². The molecule has 0 aromatic rings. The molecule has 0 nitrogen and oxygen atoms in total. The lowest BCUT2D eigenvalue weighted by Crippen LogP contribution is -2.31. The molecule has 0 radical (unpaired) electrons. The first-order valence-corrected chi connectivity index (χ1v) is 6.18. The summed E-state index contributed by atoms with van der Waals surface area (Å²) in [6, 6.07) is 0. The molecule has 0 aliphatic heterocycles. The predicted molar refractivity (Wildman–Crippen MR) is 67.4 cm³/mol. The van der Waals surface area contributed by atoms with Crippen molar-refractivity contribution in [1.82, 2.24) is 0 Å². The average Bonchev–Trinajstić information content (AvgIpc) is 2.28. The standard InChI is InChI=1S/C13H27B/c1-9(2)11-7-10(3)13(14,8-11)12(4,5)6/h9-11H,7-8,14H2,1-6H3. The van der Waals surface area contributed by atoms with Crippen molar-refractivity contribution in [3.05, 3.63) is 0 Å². The van der Waals surface area contributed by atoms with Crippen LogP contribution in [0.5, 0.6) is 0 Å². The fourth-order valence-corrected chi connectivity index (χ4v) is 3.10. The van der Waals surface area contributed by atoms with Crippen LogP contribution < -0.4 is 0 Å². The van der Waals surface area contributed by atoms with E-state index in [-0.39, 0.29) is 0 Å². The van der Waals surface area contributed by atoms with E-state index in [2.05, 4.69) is 49.4 Å². The van der Waals surface area contributed by atoms with Crippen LogP contribution in [0.15, 0.2) is 0 Å². The number of hydrogen-bond donors (Lipinski definition) is 0. The zero-order valence-corrected chi connectivity index (χ0v) is 11.1. The van der Waals surface area contributed by atoms with Gasteiger partial charge in [0.15, 0.2) is 0 Å². The van der Waals surface area contributed by atoms with Gasteiger partial charge in [0.1, 0.15) is 7.85 Å². The molecule has 0 amide bonds. The lowest BCUT2D eigenvalue weighted by molar-refractivity contribution is 0.213. The molecule has 0 spiro atoms. The molecule has 0 bridgehead atoms. The maximum Gasteiger partial charge on any atom is 0.110 e. The van der Waals surface area contributed by atoms with Crippen LogP contribution in [-0.2, 0) is 0 Å². The largest absolute Gasteiger partial charge is 0.110 e. The fourth-order valence-electron chi connectivity index (χ4n) is 3.10. The van der Waals surface area contributed by atoms with E-state index in [0.717, 1.165) is 17.8 Å². The Morgan fingerprint density at radius 1 is 1.29 bits per heavy atom. The molecule has 1 heteroatoms. The monoisotopic (exact) mass is 194 g/mol. The third kappa shape index (κ3) is 1.88. The van der Waals surface area contributed by atoms with Gasteiger partial charge in [0, 0.05) is 0 Å². The molecule has 82 valence electrons. The van der Waals surface area contributed by atoms with E-state index in [9.17, 15) is 0 Å². The van der Waals surface area contributed by atoms with Crippen LogP contribution in [0, 0.1) is 23.2 Å². The van der Waals surface area contributed by atoms with Crippen molar-refractivity contribution in [1.29, 1.82) is 0 Å². The summed E-state index contributed by atoms with van der Waals surface area (Å²) in [6.45, 7) is 14.4. The van der Waals surface area contributed by atoms with Crippen molar-refractivity contribution in [3.8, 4) is 0 Å². The second-order valence-electron chi connectivity index (χ2n) is 7.01. The molecular formula is C13H27B. The van der Waals surface area contributed by atoms with E-state index >= 15 is 0 Å². The van der Waals surface area contributed by atoms with Crippen molar-refractivity contribution in [3.63, 3.8) is 0 Å². The summed E-state index contributed by atoms with van der Waals surface area (Å²) in [5.41, 5.74) is 0.454. The highest BCUT2D eigenvalue weighted by molar-refractivity contribution is 6.16. The van der Waals surface area contributed by atoms with Gasteiger partial charge in [0.25, 0.3) is 0 Å². The molecule has 1 aliphatic carbocycles. The second kappa shape index (κ2) is 3.57. The summed E-state index contributed by atoms with van der Waals surface area (Å²) in [6.07, 6.45) is 2.86. The first-order chi connectivity index (χ1) is 6.18. The molecule has 0 aromatic heterocycles. The summed E-state index contributed by atoms with van der Waals surface area (Å²) < 4.78 is 0. The Morgan fingerprint density at radius 3 is 2.00 bits per heavy atom. The SMILES string of the molecule is BC1(C(C)(C)C)CC(C(C)C)CC1C. The van der Waals surface area contributed by atoms with Gasteiger partial charge in [0.2, 0.25) is 0 Å². The average molecular weight is 194 g/mol. The molecule has 1 fully saturated rings. The fraction of sp³-hybridized carbons (Fsp3) is 1.00. The normalized spacial score (nSPS) is 39.4. The second-order valence-corrected chi connectivity index (χ2v) is 7.01. The Labute approximate surface area is 91.3 Å². The van der Waals surface area contributed by atoms with E-state index in [0.29, 0.717) is 10.7 Å². The van der Waals surface area contributed by atoms with E-state index < -0.39 is 0 Å². The van der Waals surface area contributed by atoms with E-state index in [1.54, 1.807) is 0 Å². The molecule has 0 heterocycles. The van der Waals surface area contributed by atoms with E-state index in [1.807, 2.05) is 0 Å². The molecule has 1 saturated carbocycles. The summed E-state index contributed by atoms with van der Waals surface area (Å²) >= 11 is 0. The van der Waals surface area contributed by atoms with Crippen LogP contribution in [0.25, 0.3) is 0 Å². The first kappa shape index (κ1) is 12.1. The van der Waals surface area contributed by atoms with Gasteiger partial charge in [-0.25, -0.2) is 0 Å². The maximum absolute atomic E-state index is 2.50. The lowest BCUT2D eigenvalue weighted by Gasteiger charge is -2.43. The molecule has 14 heavy (non-hydrogen) atoms. The van der Waals surface area contributed by atoms with Gasteiger partial charge in [-0.1, -0.05) is 53.3 Å². The van der Waals surface area contributed by atoms with E-state index in [1.165, 1.54) is 12.8 Å². The molecule has 1 aliphatic rings. The minimum Gasteiger partial charge on any atom is -0.0626 e. The Hall–Kier alpha value is 0.0649. The third-order valence-electron chi connectivity index (χ3n) is 5.09. The Bertz CT molecular complexity index is 202. The third-order valence-corrected chi connectivity index (χ3v) is 5.09. The summed E-state index contributed by atoms with van der Waals surface area (Å²) in [4.78, 5) is 0.